The zero-order valence-corrected chi connectivity index (χ0v) is 5.39. The van der Waals surface area contributed by atoms with Crippen LogP contribution in [0.4, 0.5) is 5.69 Å². The summed E-state index contributed by atoms with van der Waals surface area (Å²) in [5.41, 5.74) is 6.25. The first-order valence-corrected chi connectivity index (χ1v) is 2.87. The van der Waals surface area contributed by atoms with Crippen LogP contribution in [0.1, 0.15) is 0 Å². The van der Waals surface area contributed by atoms with Crippen molar-refractivity contribution in [2.45, 2.75) is 0 Å². The number of hydrogen-bond acceptors (Lipinski definition) is 1. The molecule has 0 unspecified atom stereocenters. The van der Waals surface area contributed by atoms with Gasteiger partial charge in [0.2, 0.25) is 0 Å². The molecule has 3 radical (unpaired) electrons. The molecule has 0 spiro atoms. The molecule has 0 aliphatic rings. The third-order valence-electron chi connectivity index (χ3n) is 0.961. The normalized spacial score (nSPS) is 9.12. The lowest BCUT2D eigenvalue weighted by Crippen LogP contribution is -2.07. The lowest BCUT2D eigenvalue weighted by Gasteiger charge is -1.93. The highest BCUT2D eigenvalue weighted by molar-refractivity contribution is 6.35. The number of nitrogen functional groups attached to an aromatic ring is 1. The van der Waals surface area contributed by atoms with Crippen LogP contribution in [0.3, 0.4) is 0 Å². The highest BCUT2D eigenvalue weighted by atomic mass is 28.1. The number of hydrogen-bond donors (Lipinski definition) is 1. The fourth-order valence-electron chi connectivity index (χ4n) is 0.497. The zero-order valence-electron chi connectivity index (χ0n) is 4.39. The summed E-state index contributed by atoms with van der Waals surface area (Å²) in [5.74, 6) is 0. The van der Waals surface area contributed by atoms with Gasteiger partial charge in [0.1, 0.15) is 0 Å². The second kappa shape index (κ2) is 2.00. The Balaban J connectivity index is 3.13. The Bertz CT molecular complexity index is 165. The molecule has 2 N–H and O–H groups in total. The SMILES string of the molecule is Nc1ccccc1[Si]. The Morgan fingerprint density at radius 1 is 1.25 bits per heavy atom. The van der Waals surface area contributed by atoms with E-state index in [0.717, 1.165) is 10.9 Å². The van der Waals surface area contributed by atoms with Crippen LogP contribution in [0.5, 0.6) is 0 Å². The summed E-state index contributed by atoms with van der Waals surface area (Å²) in [6, 6.07) is 7.59. The number of nitrogens with two attached hydrogens (primary N) is 1. The molecule has 0 saturated heterocycles. The van der Waals surface area contributed by atoms with Gasteiger partial charge in [0.05, 0.1) is 10.2 Å². The monoisotopic (exact) mass is 120 g/mol. The van der Waals surface area contributed by atoms with Crippen LogP contribution >= 0.6 is 0 Å². The van der Waals surface area contributed by atoms with Gasteiger partial charge in [0, 0.05) is 5.69 Å². The van der Waals surface area contributed by atoms with E-state index in [1.165, 1.54) is 0 Å². The van der Waals surface area contributed by atoms with E-state index in [-0.39, 0.29) is 0 Å². The molecule has 1 rings (SSSR count). The van der Waals surface area contributed by atoms with Crippen molar-refractivity contribution in [3.05, 3.63) is 24.3 Å². The van der Waals surface area contributed by atoms with Gasteiger partial charge < -0.3 is 5.73 Å². The van der Waals surface area contributed by atoms with E-state index < -0.39 is 0 Å². The molecule has 0 atom stereocenters. The van der Waals surface area contributed by atoms with E-state index >= 15 is 0 Å². The van der Waals surface area contributed by atoms with E-state index in [4.69, 9.17) is 5.73 Å². The Kier molecular flexibility index (Phi) is 1.35. The van der Waals surface area contributed by atoms with Crippen LogP contribution in [-0.4, -0.2) is 10.2 Å². The molecule has 0 aromatic heterocycles. The molecule has 39 valence electrons. The standard InChI is InChI=1S/C6H6NSi/c7-5-3-1-2-4-6(5)8/h1-4H,7H2. The lowest BCUT2D eigenvalue weighted by molar-refractivity contribution is 1.74. The highest BCUT2D eigenvalue weighted by Gasteiger charge is 1.84. The average Bonchev–Trinajstić information content (AvgIpc) is 1.77. The van der Waals surface area contributed by atoms with E-state index in [9.17, 15) is 0 Å². The molecule has 1 aromatic carbocycles. The number of para-hydroxylation sites is 1. The first-order valence-electron chi connectivity index (χ1n) is 2.37. The molecule has 0 aliphatic carbocycles. The van der Waals surface area contributed by atoms with Crippen molar-refractivity contribution in [3.8, 4) is 0 Å². The summed E-state index contributed by atoms with van der Waals surface area (Å²) in [5, 5.41) is 0.951. The van der Waals surface area contributed by atoms with E-state index in [1.54, 1.807) is 0 Å². The number of benzene rings is 1. The van der Waals surface area contributed by atoms with E-state index in [2.05, 4.69) is 10.2 Å². The lowest BCUT2D eigenvalue weighted by atomic mass is 10.3. The summed E-state index contributed by atoms with van der Waals surface area (Å²) >= 11 is 0. The van der Waals surface area contributed by atoms with Gasteiger partial charge in [0.25, 0.3) is 0 Å². The molecule has 0 amide bonds. The first-order chi connectivity index (χ1) is 3.80. The fourth-order valence-corrected chi connectivity index (χ4v) is 0.677. The average molecular weight is 120 g/mol. The molecular weight excluding hydrogens is 114 g/mol. The number of anilines is 1. The molecular formula is C6H6NSi. The largest absolute Gasteiger partial charge is 0.399 e. The molecule has 1 nitrogen and oxygen atoms in total. The maximum absolute atomic E-state index is 5.47. The van der Waals surface area contributed by atoms with Crippen LogP contribution in [0.15, 0.2) is 24.3 Å². The minimum Gasteiger partial charge on any atom is -0.399 e. The Hall–Kier alpha value is -0.763. The van der Waals surface area contributed by atoms with Gasteiger partial charge in [-0.15, -0.1) is 0 Å². The summed E-state index contributed by atoms with van der Waals surface area (Å²) < 4.78 is 0. The second-order valence-electron chi connectivity index (χ2n) is 1.59. The summed E-state index contributed by atoms with van der Waals surface area (Å²) in [6.07, 6.45) is 0. The predicted molar refractivity (Wildman–Crippen MR) is 36.2 cm³/mol. The van der Waals surface area contributed by atoms with Crippen molar-refractivity contribution in [3.63, 3.8) is 0 Å². The minimum atomic E-state index is 0.782. The smallest absolute Gasteiger partial charge is 0.0741 e. The third-order valence-corrected chi connectivity index (χ3v) is 1.42. The molecule has 0 fully saturated rings. The summed E-state index contributed by atoms with van der Waals surface area (Å²) in [6.45, 7) is 0. The van der Waals surface area contributed by atoms with Gasteiger partial charge in [-0.2, -0.15) is 0 Å². The summed E-state index contributed by atoms with van der Waals surface area (Å²) in [7, 11) is 3.32. The van der Waals surface area contributed by atoms with Crippen LogP contribution in [0.25, 0.3) is 0 Å². The Morgan fingerprint density at radius 2 is 1.88 bits per heavy atom. The van der Waals surface area contributed by atoms with E-state index in [1.807, 2.05) is 24.3 Å². The Morgan fingerprint density at radius 3 is 2.25 bits per heavy atom. The van der Waals surface area contributed by atoms with Gasteiger partial charge in [0.15, 0.2) is 0 Å². The molecule has 0 aliphatic heterocycles. The molecule has 8 heavy (non-hydrogen) atoms. The van der Waals surface area contributed by atoms with Gasteiger partial charge in [-0.05, 0) is 11.3 Å². The molecule has 0 heterocycles. The number of rotatable bonds is 0. The van der Waals surface area contributed by atoms with Crippen molar-refractivity contribution in [2.75, 3.05) is 5.73 Å². The highest BCUT2D eigenvalue weighted by Crippen LogP contribution is 1.91. The zero-order chi connectivity index (χ0) is 5.98. The molecule has 0 saturated carbocycles. The molecule has 0 bridgehead atoms. The second-order valence-corrected chi connectivity index (χ2v) is 2.13. The van der Waals surface area contributed by atoms with Gasteiger partial charge in [-0.1, -0.05) is 18.2 Å². The molecule has 1 aromatic rings. The van der Waals surface area contributed by atoms with E-state index in [0.29, 0.717) is 0 Å². The van der Waals surface area contributed by atoms with Crippen LogP contribution < -0.4 is 10.9 Å². The van der Waals surface area contributed by atoms with Crippen molar-refractivity contribution < 1.29 is 0 Å². The quantitative estimate of drug-likeness (QED) is 0.380. The maximum Gasteiger partial charge on any atom is 0.0741 e. The Labute approximate surface area is 51.9 Å². The van der Waals surface area contributed by atoms with Crippen LogP contribution in [0.2, 0.25) is 0 Å². The fraction of sp³-hybridized carbons (Fsp3) is 0. The third kappa shape index (κ3) is 0.897. The van der Waals surface area contributed by atoms with Gasteiger partial charge in [-0.25, -0.2) is 0 Å². The van der Waals surface area contributed by atoms with Crippen LogP contribution in [0, 0.1) is 0 Å². The van der Waals surface area contributed by atoms with Crippen molar-refractivity contribution >= 4 is 21.1 Å². The maximum atomic E-state index is 5.47. The molecule has 2 heteroatoms. The minimum absolute atomic E-state index is 0.782. The predicted octanol–water partition coefficient (Wildman–Crippen LogP) is 0.0626. The van der Waals surface area contributed by atoms with Crippen molar-refractivity contribution in [1.29, 1.82) is 0 Å². The first kappa shape index (κ1) is 5.38. The van der Waals surface area contributed by atoms with Crippen molar-refractivity contribution in [2.24, 2.45) is 0 Å². The van der Waals surface area contributed by atoms with Crippen molar-refractivity contribution in [1.82, 2.24) is 0 Å². The van der Waals surface area contributed by atoms with Crippen LogP contribution in [-0.2, 0) is 0 Å². The van der Waals surface area contributed by atoms with Gasteiger partial charge in [-0.3, -0.25) is 0 Å². The van der Waals surface area contributed by atoms with Gasteiger partial charge >= 0.3 is 0 Å². The summed E-state index contributed by atoms with van der Waals surface area (Å²) in [4.78, 5) is 0. The topological polar surface area (TPSA) is 26.0 Å².